The molecule has 0 atom stereocenters. The van der Waals surface area contributed by atoms with Crippen LogP contribution in [0.3, 0.4) is 0 Å². The molecular formula is C15H14ClN3O4S. The lowest BCUT2D eigenvalue weighted by molar-refractivity contribution is -0.124. The van der Waals surface area contributed by atoms with Crippen LogP contribution in [0.4, 0.5) is 9.59 Å². The van der Waals surface area contributed by atoms with Gasteiger partial charge >= 0.3 is 6.03 Å². The van der Waals surface area contributed by atoms with Crippen LogP contribution < -0.4 is 10.6 Å². The molecule has 0 unspecified atom stereocenters. The van der Waals surface area contributed by atoms with Crippen molar-refractivity contribution in [3.05, 3.63) is 35.0 Å². The van der Waals surface area contributed by atoms with E-state index in [1.54, 1.807) is 6.07 Å². The van der Waals surface area contributed by atoms with E-state index >= 15 is 0 Å². The molecule has 3 rings (SSSR count). The molecule has 126 valence electrons. The van der Waals surface area contributed by atoms with Crippen LogP contribution in [0.5, 0.6) is 0 Å². The van der Waals surface area contributed by atoms with Crippen LogP contribution in [0, 0.1) is 0 Å². The highest BCUT2D eigenvalue weighted by molar-refractivity contribution is 8.14. The van der Waals surface area contributed by atoms with E-state index in [1.165, 1.54) is 0 Å². The molecule has 4 amide bonds. The molecule has 2 N–H and O–H groups in total. The van der Waals surface area contributed by atoms with Gasteiger partial charge in [0.25, 0.3) is 5.24 Å². The molecule has 1 aromatic carbocycles. The number of hydrogen-bond acceptors (Lipinski definition) is 5. The molecule has 1 fully saturated rings. The van der Waals surface area contributed by atoms with Gasteiger partial charge in [0.1, 0.15) is 5.58 Å². The van der Waals surface area contributed by atoms with E-state index in [0.29, 0.717) is 11.1 Å². The van der Waals surface area contributed by atoms with Crippen molar-refractivity contribution in [2.45, 2.75) is 6.54 Å². The average Bonchev–Trinajstić information content (AvgIpc) is 3.05. The summed E-state index contributed by atoms with van der Waals surface area (Å²) in [6, 6.07) is 6.95. The summed E-state index contributed by atoms with van der Waals surface area (Å²) >= 11 is 7.02. The maximum atomic E-state index is 11.8. The van der Waals surface area contributed by atoms with E-state index < -0.39 is 6.03 Å². The summed E-state index contributed by atoms with van der Waals surface area (Å²) in [5.74, 6) is -0.0688. The first-order valence-corrected chi connectivity index (χ1v) is 8.57. The number of amides is 4. The first-order chi connectivity index (χ1) is 11.6. The standard InChI is InChI=1S/C15H14ClN3O4S/c16-13-10(9-3-1-2-4-11(9)23-13)7-18-14(21)17-5-6-19-12(20)8-24-15(19)22/h1-4H,5-8H2,(H2,17,18,21). The van der Waals surface area contributed by atoms with E-state index in [0.717, 1.165) is 22.0 Å². The Balaban J connectivity index is 1.49. The summed E-state index contributed by atoms with van der Waals surface area (Å²) in [7, 11) is 0. The lowest BCUT2D eigenvalue weighted by atomic mass is 10.2. The predicted octanol–water partition coefficient (Wildman–Crippen LogP) is 2.58. The van der Waals surface area contributed by atoms with Gasteiger partial charge in [-0.1, -0.05) is 30.0 Å². The van der Waals surface area contributed by atoms with Gasteiger partial charge in [0, 0.05) is 30.6 Å². The Morgan fingerprint density at radius 3 is 2.83 bits per heavy atom. The van der Waals surface area contributed by atoms with Crippen LogP contribution in [0.25, 0.3) is 11.0 Å². The topological polar surface area (TPSA) is 91.7 Å². The molecule has 1 aromatic heterocycles. The maximum Gasteiger partial charge on any atom is 0.315 e. The fourth-order valence-electron chi connectivity index (χ4n) is 2.34. The second-order valence-electron chi connectivity index (χ2n) is 5.06. The number of furan rings is 1. The number of fused-ring (bicyclic) bond motifs is 1. The number of carbonyl (C=O) groups excluding carboxylic acids is 3. The van der Waals surface area contributed by atoms with Crippen LogP contribution in [0.2, 0.25) is 5.22 Å². The number of urea groups is 1. The average molecular weight is 368 g/mol. The van der Waals surface area contributed by atoms with Crippen molar-refractivity contribution in [2.75, 3.05) is 18.8 Å². The molecule has 7 nitrogen and oxygen atoms in total. The summed E-state index contributed by atoms with van der Waals surface area (Å²) in [5.41, 5.74) is 1.35. The summed E-state index contributed by atoms with van der Waals surface area (Å²) in [5, 5.41) is 6.08. The van der Waals surface area contributed by atoms with Gasteiger partial charge in [-0.15, -0.1) is 0 Å². The number of carbonyl (C=O) groups is 3. The highest BCUT2D eigenvalue weighted by atomic mass is 35.5. The van der Waals surface area contributed by atoms with Crippen molar-refractivity contribution < 1.29 is 18.8 Å². The molecule has 0 saturated carbocycles. The minimum atomic E-state index is -0.414. The van der Waals surface area contributed by atoms with Crippen molar-refractivity contribution in [3.63, 3.8) is 0 Å². The Bertz CT molecular complexity index is 791. The summed E-state index contributed by atoms with van der Waals surface area (Å²) < 4.78 is 5.41. The quantitative estimate of drug-likeness (QED) is 0.847. The predicted molar refractivity (Wildman–Crippen MR) is 91.0 cm³/mol. The third-order valence-electron chi connectivity index (χ3n) is 3.54. The third kappa shape index (κ3) is 3.49. The number of imide groups is 1. The molecule has 1 aliphatic rings. The van der Waals surface area contributed by atoms with Crippen LogP contribution >= 0.6 is 23.4 Å². The monoisotopic (exact) mass is 367 g/mol. The molecule has 2 aromatic rings. The lowest BCUT2D eigenvalue weighted by Gasteiger charge is -2.13. The third-order valence-corrected chi connectivity index (χ3v) is 4.70. The highest BCUT2D eigenvalue weighted by Gasteiger charge is 2.29. The molecule has 0 aliphatic carbocycles. The van der Waals surface area contributed by atoms with E-state index in [9.17, 15) is 14.4 Å². The molecule has 9 heteroatoms. The molecule has 0 bridgehead atoms. The van der Waals surface area contributed by atoms with Gasteiger partial charge in [-0.05, 0) is 17.7 Å². The Morgan fingerprint density at radius 2 is 2.08 bits per heavy atom. The van der Waals surface area contributed by atoms with E-state index in [2.05, 4.69) is 10.6 Å². The molecule has 1 aliphatic heterocycles. The van der Waals surface area contributed by atoms with Crippen LogP contribution in [-0.4, -0.2) is 40.9 Å². The fourth-order valence-corrected chi connectivity index (χ4v) is 3.35. The van der Waals surface area contributed by atoms with Crippen LogP contribution in [0.15, 0.2) is 28.7 Å². The molecule has 0 spiro atoms. The number of nitrogens with one attached hydrogen (secondary N) is 2. The van der Waals surface area contributed by atoms with Gasteiger partial charge < -0.3 is 15.1 Å². The lowest BCUT2D eigenvalue weighted by Crippen LogP contribution is -2.41. The van der Waals surface area contributed by atoms with Gasteiger partial charge in [0.05, 0.1) is 5.75 Å². The summed E-state index contributed by atoms with van der Waals surface area (Å²) in [6.07, 6.45) is 0. The largest absolute Gasteiger partial charge is 0.444 e. The molecule has 1 saturated heterocycles. The minimum Gasteiger partial charge on any atom is -0.444 e. The first-order valence-electron chi connectivity index (χ1n) is 7.21. The second kappa shape index (κ2) is 7.14. The fraction of sp³-hybridized carbons (Fsp3) is 0.267. The van der Waals surface area contributed by atoms with Crippen molar-refractivity contribution >= 4 is 51.5 Å². The smallest absolute Gasteiger partial charge is 0.315 e. The summed E-state index contributed by atoms with van der Waals surface area (Å²) in [4.78, 5) is 35.8. The molecular weight excluding hydrogens is 354 g/mol. The number of halogens is 1. The van der Waals surface area contributed by atoms with Crippen LogP contribution in [-0.2, 0) is 11.3 Å². The number of benzene rings is 1. The van der Waals surface area contributed by atoms with E-state index in [4.69, 9.17) is 16.0 Å². The first kappa shape index (κ1) is 16.7. The Kier molecular flexibility index (Phi) is 4.96. The SMILES string of the molecule is O=C(NCCN1C(=O)CSC1=O)NCc1c(Cl)oc2ccccc12. The van der Waals surface area contributed by atoms with Crippen molar-refractivity contribution in [3.8, 4) is 0 Å². The van der Waals surface area contributed by atoms with Crippen LogP contribution in [0.1, 0.15) is 5.56 Å². The van der Waals surface area contributed by atoms with Crippen molar-refractivity contribution in [1.82, 2.24) is 15.5 Å². The van der Waals surface area contributed by atoms with E-state index in [-0.39, 0.29) is 41.8 Å². The number of hydrogen-bond donors (Lipinski definition) is 2. The number of rotatable bonds is 5. The number of para-hydroxylation sites is 1. The number of nitrogens with zero attached hydrogens (tertiary/aromatic N) is 1. The maximum absolute atomic E-state index is 11.8. The molecule has 24 heavy (non-hydrogen) atoms. The van der Waals surface area contributed by atoms with Gasteiger partial charge in [-0.25, -0.2) is 4.79 Å². The zero-order valence-electron chi connectivity index (χ0n) is 12.5. The minimum absolute atomic E-state index is 0.160. The normalized spacial score (nSPS) is 14.5. The van der Waals surface area contributed by atoms with Crippen molar-refractivity contribution in [1.29, 1.82) is 0 Å². The highest BCUT2D eigenvalue weighted by Crippen LogP contribution is 2.29. The Hall–Kier alpha value is -2.19. The molecule has 2 heterocycles. The Labute approximate surface area is 146 Å². The molecule has 0 radical (unpaired) electrons. The zero-order chi connectivity index (χ0) is 17.1. The summed E-state index contributed by atoms with van der Waals surface area (Å²) in [6.45, 7) is 0.552. The number of thioether (sulfide) groups is 1. The van der Waals surface area contributed by atoms with E-state index in [1.807, 2.05) is 18.2 Å². The van der Waals surface area contributed by atoms with Gasteiger partial charge in [-0.2, -0.15) is 0 Å². The van der Waals surface area contributed by atoms with Crippen molar-refractivity contribution in [2.24, 2.45) is 0 Å². The van der Waals surface area contributed by atoms with Gasteiger partial charge in [0.15, 0.2) is 5.22 Å². The zero-order valence-corrected chi connectivity index (χ0v) is 14.1. The van der Waals surface area contributed by atoms with Gasteiger partial charge in [0.2, 0.25) is 5.91 Å². The second-order valence-corrected chi connectivity index (χ2v) is 6.33. The van der Waals surface area contributed by atoms with Gasteiger partial charge in [-0.3, -0.25) is 14.5 Å². The Morgan fingerprint density at radius 1 is 1.29 bits per heavy atom.